The number of hydrogen-bond acceptors (Lipinski definition) is 4. The summed E-state index contributed by atoms with van der Waals surface area (Å²) in [6.45, 7) is 4.76. The van der Waals surface area contributed by atoms with Gasteiger partial charge in [-0.25, -0.2) is 0 Å². The van der Waals surface area contributed by atoms with E-state index < -0.39 is 0 Å². The quantitative estimate of drug-likeness (QED) is 0.480. The number of rotatable bonds is 5. The van der Waals surface area contributed by atoms with Gasteiger partial charge < -0.3 is 14.7 Å². The number of amides is 1. The number of nitrogens with one attached hydrogen (secondary N) is 1. The van der Waals surface area contributed by atoms with Gasteiger partial charge in [-0.15, -0.1) is 0 Å². The van der Waals surface area contributed by atoms with Gasteiger partial charge in [0.2, 0.25) is 0 Å². The fraction of sp³-hybridized carbons (Fsp3) is 0.303. The van der Waals surface area contributed by atoms with Gasteiger partial charge in [-0.05, 0) is 58.9 Å². The number of carbonyl (C=O) groups is 1. The Morgan fingerprint density at radius 3 is 2.21 bits per heavy atom. The van der Waals surface area contributed by atoms with Crippen molar-refractivity contribution >= 4 is 23.1 Å². The first kappa shape index (κ1) is 24.6. The number of carbonyl (C=O) groups excluding carboxylic acids is 1. The Balaban J connectivity index is 1.09. The van der Waals surface area contributed by atoms with Crippen LogP contribution < -0.4 is 5.32 Å². The van der Waals surface area contributed by atoms with Crippen molar-refractivity contribution < 1.29 is 4.79 Å². The molecule has 3 fully saturated rings. The molecule has 0 bridgehead atoms. The fourth-order valence-corrected chi connectivity index (χ4v) is 7.04. The van der Waals surface area contributed by atoms with Crippen LogP contribution in [0, 0.1) is 11.8 Å². The summed E-state index contributed by atoms with van der Waals surface area (Å²) in [6.07, 6.45) is 7.02. The number of fused-ring (bicyclic) bond motifs is 2. The highest BCUT2D eigenvalue weighted by Crippen LogP contribution is 2.38. The predicted molar refractivity (Wildman–Crippen MR) is 156 cm³/mol. The number of halogens is 1. The molecule has 0 aliphatic carbocycles. The van der Waals surface area contributed by atoms with Crippen molar-refractivity contribution in [3.05, 3.63) is 125 Å². The lowest BCUT2D eigenvalue weighted by Gasteiger charge is -2.34. The minimum absolute atomic E-state index is 0.157. The zero-order chi connectivity index (χ0) is 26.3. The van der Waals surface area contributed by atoms with Gasteiger partial charge in [0, 0.05) is 49.5 Å². The van der Waals surface area contributed by atoms with Crippen LogP contribution in [-0.4, -0.2) is 65.5 Å². The summed E-state index contributed by atoms with van der Waals surface area (Å²) >= 11 is 6.24. The second-order valence-corrected chi connectivity index (χ2v) is 11.7. The van der Waals surface area contributed by atoms with Crippen LogP contribution in [0.2, 0.25) is 5.02 Å². The van der Waals surface area contributed by atoms with Crippen molar-refractivity contribution in [2.45, 2.75) is 18.2 Å². The lowest BCUT2D eigenvalue weighted by atomic mass is 9.99. The number of allylic oxidation sites excluding steroid dienone is 2. The smallest absolute Gasteiger partial charge is 0.253 e. The van der Waals surface area contributed by atoms with Crippen LogP contribution >= 0.6 is 11.6 Å². The maximum atomic E-state index is 13.0. The second kappa shape index (κ2) is 10.3. The molecule has 1 amide bonds. The molecule has 5 nitrogen and oxygen atoms in total. The summed E-state index contributed by atoms with van der Waals surface area (Å²) in [5, 5.41) is 4.65. The molecular weight excluding hydrogens is 504 g/mol. The molecule has 5 atom stereocenters. The molecule has 7 rings (SSSR count). The summed E-state index contributed by atoms with van der Waals surface area (Å²) in [5.74, 6) is 1.24. The molecule has 4 aliphatic rings. The largest absolute Gasteiger partial charge is 0.352 e. The van der Waals surface area contributed by atoms with E-state index in [4.69, 9.17) is 11.6 Å². The second-order valence-electron chi connectivity index (χ2n) is 11.3. The van der Waals surface area contributed by atoms with Gasteiger partial charge in [0.15, 0.2) is 0 Å². The minimum atomic E-state index is 0.157. The van der Waals surface area contributed by atoms with E-state index in [0.29, 0.717) is 11.8 Å². The molecule has 5 unspecified atom stereocenters. The standard InChI is InChI=1S/C33H33ClN4O/c34-29-14-11-24(12-15-29)32-30(38-21-26(13-16-31(38)35-32)23-7-3-1-4-8-23)22-36-17-27-19-37(20-28(27)18-36)33(39)25-9-5-2-6-10-25/h1-16,21,27-28,30-32,35H,17-20,22H2. The summed E-state index contributed by atoms with van der Waals surface area (Å²) in [7, 11) is 0. The van der Waals surface area contributed by atoms with Gasteiger partial charge in [0.1, 0.15) is 0 Å². The highest BCUT2D eigenvalue weighted by molar-refractivity contribution is 6.30. The highest BCUT2D eigenvalue weighted by atomic mass is 35.5. The zero-order valence-electron chi connectivity index (χ0n) is 21.9. The summed E-state index contributed by atoms with van der Waals surface area (Å²) in [4.78, 5) is 20.3. The molecule has 198 valence electrons. The molecule has 39 heavy (non-hydrogen) atoms. The van der Waals surface area contributed by atoms with Crippen molar-refractivity contribution in [2.24, 2.45) is 11.8 Å². The Labute approximate surface area is 235 Å². The van der Waals surface area contributed by atoms with E-state index in [0.717, 1.165) is 43.3 Å². The first-order chi connectivity index (χ1) is 19.1. The third-order valence-corrected chi connectivity index (χ3v) is 9.09. The van der Waals surface area contributed by atoms with Gasteiger partial charge >= 0.3 is 0 Å². The Morgan fingerprint density at radius 1 is 0.846 bits per heavy atom. The van der Waals surface area contributed by atoms with Crippen molar-refractivity contribution in [1.82, 2.24) is 20.0 Å². The van der Waals surface area contributed by atoms with Gasteiger partial charge in [-0.1, -0.05) is 78.3 Å². The van der Waals surface area contributed by atoms with E-state index in [1.165, 1.54) is 16.7 Å². The molecule has 3 saturated heterocycles. The van der Waals surface area contributed by atoms with Crippen molar-refractivity contribution in [2.75, 3.05) is 32.7 Å². The molecule has 3 aromatic rings. The topological polar surface area (TPSA) is 38.8 Å². The normalized spacial score (nSPS) is 27.9. The van der Waals surface area contributed by atoms with Crippen LogP contribution in [0.1, 0.15) is 27.5 Å². The minimum Gasteiger partial charge on any atom is -0.352 e. The SMILES string of the molecule is O=C(c1ccccc1)N1CC2CN(CC3C(c4ccc(Cl)cc4)NC4C=CC(c5ccccc5)=CN43)CC2C1. The Hall–Kier alpha value is -3.38. The molecule has 0 radical (unpaired) electrons. The molecule has 4 aliphatic heterocycles. The summed E-state index contributed by atoms with van der Waals surface area (Å²) in [6, 6.07) is 29.1. The maximum absolute atomic E-state index is 13.0. The van der Waals surface area contributed by atoms with E-state index in [-0.39, 0.29) is 24.2 Å². The fourth-order valence-electron chi connectivity index (χ4n) is 6.91. The van der Waals surface area contributed by atoms with Crippen LogP contribution in [0.15, 0.2) is 103 Å². The van der Waals surface area contributed by atoms with E-state index in [2.05, 4.69) is 80.8 Å². The molecule has 3 aromatic carbocycles. The van der Waals surface area contributed by atoms with Crippen LogP contribution in [0.4, 0.5) is 0 Å². The highest BCUT2D eigenvalue weighted by Gasteiger charge is 2.45. The van der Waals surface area contributed by atoms with Crippen molar-refractivity contribution in [3.63, 3.8) is 0 Å². The molecule has 4 heterocycles. The first-order valence-corrected chi connectivity index (χ1v) is 14.3. The van der Waals surface area contributed by atoms with Crippen molar-refractivity contribution in [3.8, 4) is 0 Å². The lowest BCUT2D eigenvalue weighted by molar-refractivity contribution is 0.0771. The van der Waals surface area contributed by atoms with Crippen LogP contribution in [0.5, 0.6) is 0 Å². The number of benzene rings is 3. The zero-order valence-corrected chi connectivity index (χ0v) is 22.6. The molecule has 1 N–H and O–H groups in total. The average molecular weight is 537 g/mol. The van der Waals surface area contributed by atoms with Gasteiger partial charge in [0.05, 0.1) is 18.2 Å². The van der Waals surface area contributed by atoms with E-state index >= 15 is 0 Å². The van der Waals surface area contributed by atoms with Crippen LogP contribution in [-0.2, 0) is 0 Å². The van der Waals surface area contributed by atoms with Gasteiger partial charge in [-0.3, -0.25) is 10.1 Å². The Morgan fingerprint density at radius 2 is 1.51 bits per heavy atom. The number of hydrogen-bond donors (Lipinski definition) is 1. The Kier molecular flexibility index (Phi) is 6.51. The third-order valence-electron chi connectivity index (χ3n) is 8.84. The molecular formula is C33H33ClN4O. The van der Waals surface area contributed by atoms with Crippen LogP contribution in [0.3, 0.4) is 0 Å². The number of likely N-dealkylation sites (tertiary alicyclic amines) is 2. The first-order valence-electron chi connectivity index (χ1n) is 13.9. The van der Waals surface area contributed by atoms with Crippen molar-refractivity contribution in [1.29, 1.82) is 0 Å². The molecule has 0 spiro atoms. The summed E-state index contributed by atoms with van der Waals surface area (Å²) in [5.41, 5.74) is 4.53. The van der Waals surface area contributed by atoms with Gasteiger partial charge in [0.25, 0.3) is 5.91 Å². The third kappa shape index (κ3) is 4.80. The van der Waals surface area contributed by atoms with E-state index in [1.807, 2.05) is 42.5 Å². The monoisotopic (exact) mass is 536 g/mol. The lowest BCUT2D eigenvalue weighted by Crippen LogP contribution is -2.43. The number of nitrogens with zero attached hydrogens (tertiary/aromatic N) is 3. The summed E-state index contributed by atoms with van der Waals surface area (Å²) < 4.78 is 0. The molecule has 0 saturated carbocycles. The van der Waals surface area contributed by atoms with E-state index in [1.54, 1.807) is 0 Å². The molecule has 0 aromatic heterocycles. The van der Waals surface area contributed by atoms with Gasteiger partial charge in [-0.2, -0.15) is 0 Å². The maximum Gasteiger partial charge on any atom is 0.253 e. The average Bonchev–Trinajstić information content (AvgIpc) is 3.66. The Bertz CT molecular complexity index is 1380. The predicted octanol–water partition coefficient (Wildman–Crippen LogP) is 5.30. The molecule has 6 heteroatoms. The van der Waals surface area contributed by atoms with Crippen LogP contribution in [0.25, 0.3) is 5.57 Å². The van der Waals surface area contributed by atoms with E-state index in [9.17, 15) is 4.79 Å².